The lowest BCUT2D eigenvalue weighted by molar-refractivity contribution is 0.219. The van der Waals surface area contributed by atoms with Gasteiger partial charge in [-0.3, -0.25) is 4.90 Å². The van der Waals surface area contributed by atoms with E-state index < -0.39 is 0 Å². The minimum atomic E-state index is -0.210. The second kappa shape index (κ2) is 5.85. The van der Waals surface area contributed by atoms with E-state index in [-0.39, 0.29) is 5.82 Å². The van der Waals surface area contributed by atoms with Gasteiger partial charge in [-0.2, -0.15) is 0 Å². The number of rotatable bonds is 5. The number of nitrogens with zero attached hydrogens (tertiary/aromatic N) is 1. The van der Waals surface area contributed by atoms with Crippen LogP contribution in [0.2, 0.25) is 0 Å². The van der Waals surface area contributed by atoms with Gasteiger partial charge in [-0.05, 0) is 32.0 Å². The van der Waals surface area contributed by atoms with Crippen molar-refractivity contribution < 1.29 is 4.39 Å². The molecule has 16 heavy (non-hydrogen) atoms. The summed E-state index contributed by atoms with van der Waals surface area (Å²) in [6.07, 6.45) is 2.17. The third-order valence-electron chi connectivity index (χ3n) is 3.06. The van der Waals surface area contributed by atoms with Gasteiger partial charge in [-0.1, -0.05) is 19.9 Å². The highest BCUT2D eigenvalue weighted by atomic mass is 19.1. The number of halogens is 1. The van der Waals surface area contributed by atoms with Gasteiger partial charge >= 0.3 is 0 Å². The predicted molar refractivity (Wildman–Crippen MR) is 66.6 cm³/mol. The van der Waals surface area contributed by atoms with Crippen LogP contribution in [0, 0.1) is 5.82 Å². The van der Waals surface area contributed by atoms with E-state index >= 15 is 0 Å². The lowest BCUT2D eigenvalue weighted by Crippen LogP contribution is -2.30. The van der Waals surface area contributed by atoms with Crippen molar-refractivity contribution in [3.05, 3.63) is 29.6 Å². The molecule has 0 saturated carbocycles. The van der Waals surface area contributed by atoms with Crippen molar-refractivity contribution in [3.63, 3.8) is 0 Å². The molecule has 0 aliphatic rings. The molecule has 0 spiro atoms. The van der Waals surface area contributed by atoms with Crippen molar-refractivity contribution in [1.29, 1.82) is 0 Å². The van der Waals surface area contributed by atoms with E-state index in [1.165, 1.54) is 6.07 Å². The fourth-order valence-corrected chi connectivity index (χ4v) is 2.00. The third kappa shape index (κ3) is 3.20. The number of hydrogen-bond acceptors (Lipinski definition) is 2. The quantitative estimate of drug-likeness (QED) is 0.779. The van der Waals surface area contributed by atoms with E-state index in [0.29, 0.717) is 23.8 Å². The van der Waals surface area contributed by atoms with E-state index in [2.05, 4.69) is 18.7 Å². The van der Waals surface area contributed by atoms with Crippen LogP contribution in [0.25, 0.3) is 0 Å². The summed E-state index contributed by atoms with van der Waals surface area (Å²) >= 11 is 0. The average molecular weight is 224 g/mol. The molecule has 0 saturated heterocycles. The second-order valence-electron chi connectivity index (χ2n) is 4.24. The summed E-state index contributed by atoms with van der Waals surface area (Å²) in [6, 6.07) is 5.41. The predicted octanol–water partition coefficient (Wildman–Crippen LogP) is 3.03. The molecule has 0 aliphatic carbocycles. The van der Waals surface area contributed by atoms with Crippen molar-refractivity contribution in [2.24, 2.45) is 0 Å². The van der Waals surface area contributed by atoms with E-state index in [1.807, 2.05) is 7.05 Å². The minimum Gasteiger partial charge on any atom is -0.399 e. The fraction of sp³-hybridized carbons (Fsp3) is 0.538. The van der Waals surface area contributed by atoms with Crippen LogP contribution >= 0.6 is 0 Å². The van der Waals surface area contributed by atoms with Crippen molar-refractivity contribution in [2.45, 2.75) is 39.3 Å². The average Bonchev–Trinajstić information content (AvgIpc) is 2.24. The fourth-order valence-electron chi connectivity index (χ4n) is 2.00. The summed E-state index contributed by atoms with van der Waals surface area (Å²) in [5.41, 5.74) is 6.71. The van der Waals surface area contributed by atoms with Gasteiger partial charge in [-0.25, -0.2) is 4.39 Å². The Balaban J connectivity index is 2.72. The van der Waals surface area contributed by atoms with Gasteiger partial charge in [-0.15, -0.1) is 0 Å². The molecule has 3 heteroatoms. The van der Waals surface area contributed by atoms with Crippen molar-refractivity contribution >= 4 is 5.69 Å². The molecule has 0 aromatic heterocycles. The Morgan fingerprint density at radius 2 is 1.94 bits per heavy atom. The lowest BCUT2D eigenvalue weighted by Gasteiger charge is -2.26. The van der Waals surface area contributed by atoms with Gasteiger partial charge in [0, 0.05) is 23.8 Å². The van der Waals surface area contributed by atoms with Gasteiger partial charge < -0.3 is 5.73 Å². The Morgan fingerprint density at radius 1 is 1.31 bits per heavy atom. The highest BCUT2D eigenvalue weighted by Crippen LogP contribution is 2.16. The molecule has 90 valence electrons. The molecule has 0 bridgehead atoms. The summed E-state index contributed by atoms with van der Waals surface area (Å²) in [7, 11) is 2.04. The third-order valence-corrected chi connectivity index (χ3v) is 3.06. The maximum Gasteiger partial charge on any atom is 0.129 e. The lowest BCUT2D eigenvalue weighted by atomic mass is 10.1. The Bertz CT molecular complexity index is 335. The highest BCUT2D eigenvalue weighted by molar-refractivity contribution is 5.40. The van der Waals surface area contributed by atoms with Crippen LogP contribution in [0.5, 0.6) is 0 Å². The zero-order valence-electron chi connectivity index (χ0n) is 10.3. The second-order valence-corrected chi connectivity index (χ2v) is 4.24. The Kier molecular flexibility index (Phi) is 4.74. The summed E-state index contributed by atoms with van der Waals surface area (Å²) < 4.78 is 13.6. The van der Waals surface area contributed by atoms with E-state index in [4.69, 9.17) is 5.73 Å². The first-order chi connectivity index (χ1) is 7.58. The van der Waals surface area contributed by atoms with E-state index in [1.54, 1.807) is 12.1 Å². The SMILES string of the molecule is CCC(CC)N(C)Cc1ccc(N)cc1F. The summed E-state index contributed by atoms with van der Waals surface area (Å²) in [5.74, 6) is -0.210. The molecule has 1 aromatic carbocycles. The first kappa shape index (κ1) is 13.0. The summed E-state index contributed by atoms with van der Waals surface area (Å²) in [6.45, 7) is 4.95. The highest BCUT2D eigenvalue weighted by Gasteiger charge is 2.12. The van der Waals surface area contributed by atoms with Crippen molar-refractivity contribution in [1.82, 2.24) is 4.90 Å². The molecule has 1 rings (SSSR count). The van der Waals surface area contributed by atoms with E-state index in [0.717, 1.165) is 12.8 Å². The first-order valence-electron chi connectivity index (χ1n) is 5.82. The molecule has 2 nitrogen and oxygen atoms in total. The standard InChI is InChI=1S/C13H21FN2/c1-4-12(5-2)16(3)9-10-6-7-11(15)8-13(10)14/h6-8,12H,4-5,9,15H2,1-3H3. The Labute approximate surface area is 97.3 Å². The van der Waals surface area contributed by atoms with E-state index in [9.17, 15) is 4.39 Å². The zero-order valence-corrected chi connectivity index (χ0v) is 10.3. The molecule has 0 aliphatic heterocycles. The molecule has 0 atom stereocenters. The van der Waals surface area contributed by atoms with Crippen LogP contribution in [-0.2, 0) is 6.54 Å². The molecular formula is C13H21FN2. The first-order valence-corrected chi connectivity index (χ1v) is 5.82. The summed E-state index contributed by atoms with van der Waals surface area (Å²) in [5, 5.41) is 0. The van der Waals surface area contributed by atoms with Gasteiger partial charge in [0.15, 0.2) is 0 Å². The Morgan fingerprint density at radius 3 is 2.44 bits per heavy atom. The smallest absolute Gasteiger partial charge is 0.129 e. The normalized spacial score (nSPS) is 11.4. The molecular weight excluding hydrogens is 203 g/mol. The molecule has 0 amide bonds. The van der Waals surface area contributed by atoms with Crippen LogP contribution in [-0.4, -0.2) is 18.0 Å². The molecule has 2 N–H and O–H groups in total. The van der Waals surface area contributed by atoms with Gasteiger partial charge in [0.1, 0.15) is 5.82 Å². The largest absolute Gasteiger partial charge is 0.399 e. The number of nitrogen functional groups attached to an aromatic ring is 1. The number of anilines is 1. The minimum absolute atomic E-state index is 0.210. The molecule has 1 aromatic rings. The molecule has 0 unspecified atom stereocenters. The molecule has 0 fully saturated rings. The van der Waals surface area contributed by atoms with Crippen molar-refractivity contribution in [2.75, 3.05) is 12.8 Å². The maximum atomic E-state index is 13.6. The molecule has 0 radical (unpaired) electrons. The van der Waals surface area contributed by atoms with Crippen LogP contribution in [0.1, 0.15) is 32.3 Å². The van der Waals surface area contributed by atoms with Crippen LogP contribution in [0.15, 0.2) is 18.2 Å². The maximum absolute atomic E-state index is 13.6. The van der Waals surface area contributed by atoms with Gasteiger partial charge in [0.25, 0.3) is 0 Å². The van der Waals surface area contributed by atoms with Crippen molar-refractivity contribution in [3.8, 4) is 0 Å². The number of hydrogen-bond donors (Lipinski definition) is 1. The van der Waals surface area contributed by atoms with Crippen LogP contribution in [0.4, 0.5) is 10.1 Å². The van der Waals surface area contributed by atoms with Gasteiger partial charge in [0.2, 0.25) is 0 Å². The van der Waals surface area contributed by atoms with Gasteiger partial charge in [0.05, 0.1) is 0 Å². The summed E-state index contributed by atoms with van der Waals surface area (Å²) in [4.78, 5) is 2.19. The Hall–Kier alpha value is -1.09. The van der Waals surface area contributed by atoms with Crippen LogP contribution in [0.3, 0.4) is 0 Å². The monoisotopic (exact) mass is 224 g/mol. The van der Waals surface area contributed by atoms with Crippen LogP contribution < -0.4 is 5.73 Å². The number of benzene rings is 1. The topological polar surface area (TPSA) is 29.3 Å². The molecule has 0 heterocycles. The zero-order chi connectivity index (χ0) is 12.1. The number of nitrogens with two attached hydrogens (primary N) is 1.